The standard InChI is InChI=1S/C23H31N3O3S2/c1-17-18(2)25(19-9-5-3-6-10-19)23(24-17)30-15-22(27)26(20-11-7-4-8-12-20)21-13-14-31(28,29)16-21/h4,7-8,11-12,19,21H,3,5-6,9-10,13-16H2,1-2H3/t21-/m1/s1. The Balaban J connectivity index is 1.54. The number of benzene rings is 1. The van der Waals surface area contributed by atoms with E-state index in [9.17, 15) is 13.2 Å². The summed E-state index contributed by atoms with van der Waals surface area (Å²) >= 11 is 1.48. The van der Waals surface area contributed by atoms with Gasteiger partial charge >= 0.3 is 0 Å². The second-order valence-corrected chi connectivity index (χ2v) is 11.8. The number of sulfone groups is 1. The minimum absolute atomic E-state index is 0.0349. The third kappa shape index (κ3) is 5.00. The van der Waals surface area contributed by atoms with Crippen molar-refractivity contribution >= 4 is 33.2 Å². The number of rotatable bonds is 6. The number of amides is 1. The molecule has 31 heavy (non-hydrogen) atoms. The Morgan fingerprint density at radius 3 is 2.48 bits per heavy atom. The molecule has 1 aromatic carbocycles. The first kappa shape index (κ1) is 22.4. The monoisotopic (exact) mass is 461 g/mol. The molecule has 1 amide bonds. The number of imidazole rings is 1. The highest BCUT2D eigenvalue weighted by atomic mass is 32.2. The summed E-state index contributed by atoms with van der Waals surface area (Å²) in [5.41, 5.74) is 2.96. The lowest BCUT2D eigenvalue weighted by Crippen LogP contribution is -2.42. The fourth-order valence-corrected chi connectivity index (χ4v) is 7.51. The highest BCUT2D eigenvalue weighted by molar-refractivity contribution is 7.99. The van der Waals surface area contributed by atoms with Gasteiger partial charge in [0, 0.05) is 17.4 Å². The zero-order valence-electron chi connectivity index (χ0n) is 18.3. The summed E-state index contributed by atoms with van der Waals surface area (Å²) in [6, 6.07) is 9.58. The van der Waals surface area contributed by atoms with Crippen LogP contribution in [0.25, 0.3) is 0 Å². The minimum Gasteiger partial charge on any atom is -0.320 e. The molecular formula is C23H31N3O3S2. The smallest absolute Gasteiger partial charge is 0.237 e. The van der Waals surface area contributed by atoms with Gasteiger partial charge in [-0.2, -0.15) is 0 Å². The van der Waals surface area contributed by atoms with Gasteiger partial charge in [0.25, 0.3) is 0 Å². The van der Waals surface area contributed by atoms with Crippen LogP contribution >= 0.6 is 11.8 Å². The molecule has 1 aliphatic carbocycles. The van der Waals surface area contributed by atoms with E-state index >= 15 is 0 Å². The van der Waals surface area contributed by atoms with E-state index in [4.69, 9.17) is 4.98 Å². The van der Waals surface area contributed by atoms with Crippen molar-refractivity contribution in [2.45, 2.75) is 69.6 Å². The molecule has 0 radical (unpaired) electrons. The SMILES string of the molecule is Cc1nc(SCC(=O)N(c2ccccc2)[C@@H]2CCS(=O)(=O)C2)n(C2CCCCC2)c1C. The van der Waals surface area contributed by atoms with E-state index < -0.39 is 9.84 Å². The van der Waals surface area contributed by atoms with Crippen LogP contribution in [-0.2, 0) is 14.6 Å². The van der Waals surface area contributed by atoms with E-state index in [-0.39, 0.29) is 29.2 Å². The van der Waals surface area contributed by atoms with Crippen molar-refractivity contribution in [2.75, 3.05) is 22.2 Å². The van der Waals surface area contributed by atoms with Crippen molar-refractivity contribution < 1.29 is 13.2 Å². The highest BCUT2D eigenvalue weighted by Crippen LogP contribution is 2.35. The van der Waals surface area contributed by atoms with Crippen LogP contribution in [0.4, 0.5) is 5.69 Å². The number of thioether (sulfide) groups is 1. The number of hydrogen-bond donors (Lipinski definition) is 0. The fraction of sp³-hybridized carbons (Fsp3) is 0.565. The molecule has 0 N–H and O–H groups in total. The van der Waals surface area contributed by atoms with Gasteiger partial charge in [0.1, 0.15) is 0 Å². The van der Waals surface area contributed by atoms with Gasteiger partial charge in [0.05, 0.1) is 29.0 Å². The van der Waals surface area contributed by atoms with E-state index in [1.165, 1.54) is 36.7 Å². The molecule has 2 heterocycles. The first-order chi connectivity index (χ1) is 14.9. The molecular weight excluding hydrogens is 430 g/mol. The first-order valence-corrected chi connectivity index (χ1v) is 13.9. The largest absolute Gasteiger partial charge is 0.320 e. The topological polar surface area (TPSA) is 72.3 Å². The fourth-order valence-electron chi connectivity index (χ4n) is 4.79. The average Bonchev–Trinajstić information content (AvgIpc) is 3.26. The molecule has 4 rings (SSSR count). The predicted molar refractivity (Wildman–Crippen MR) is 126 cm³/mol. The van der Waals surface area contributed by atoms with Crippen LogP contribution in [-0.4, -0.2) is 47.2 Å². The zero-order chi connectivity index (χ0) is 22.0. The van der Waals surface area contributed by atoms with Gasteiger partial charge < -0.3 is 9.47 Å². The zero-order valence-corrected chi connectivity index (χ0v) is 19.9. The van der Waals surface area contributed by atoms with Crippen LogP contribution in [0.15, 0.2) is 35.5 Å². The number of nitrogens with zero attached hydrogens (tertiary/aromatic N) is 3. The number of carbonyl (C=O) groups is 1. The lowest BCUT2D eigenvalue weighted by atomic mass is 9.95. The molecule has 0 unspecified atom stereocenters. The van der Waals surface area contributed by atoms with Gasteiger partial charge in [-0.1, -0.05) is 49.2 Å². The minimum atomic E-state index is -3.09. The molecule has 2 aliphatic rings. The number of anilines is 1. The highest BCUT2D eigenvalue weighted by Gasteiger charge is 2.35. The second-order valence-electron chi connectivity index (χ2n) is 8.67. The van der Waals surface area contributed by atoms with E-state index in [0.29, 0.717) is 12.5 Å². The average molecular weight is 462 g/mol. The molecule has 1 saturated heterocycles. The third-order valence-corrected chi connectivity index (χ3v) is 9.18. The number of carbonyl (C=O) groups excluding carboxylic acids is 1. The van der Waals surface area contributed by atoms with Gasteiger partial charge in [0.15, 0.2) is 15.0 Å². The Bertz CT molecular complexity index is 1030. The number of hydrogen-bond acceptors (Lipinski definition) is 5. The van der Waals surface area contributed by atoms with Gasteiger partial charge in [-0.05, 0) is 45.2 Å². The Labute approximate surface area is 189 Å². The van der Waals surface area contributed by atoms with E-state index in [2.05, 4.69) is 11.5 Å². The molecule has 168 valence electrons. The van der Waals surface area contributed by atoms with E-state index in [1.54, 1.807) is 4.90 Å². The molecule has 8 heteroatoms. The molecule has 2 fully saturated rings. The summed E-state index contributed by atoms with van der Waals surface area (Å²) in [4.78, 5) is 19.8. The Morgan fingerprint density at radius 2 is 1.84 bits per heavy atom. The maximum absolute atomic E-state index is 13.4. The summed E-state index contributed by atoms with van der Waals surface area (Å²) in [5, 5.41) is 0.905. The molecule has 1 saturated carbocycles. The predicted octanol–water partition coefficient (Wildman–Crippen LogP) is 4.32. The Morgan fingerprint density at radius 1 is 1.13 bits per heavy atom. The summed E-state index contributed by atoms with van der Waals surface area (Å²) in [5.74, 6) is 0.361. The van der Waals surface area contributed by atoms with Crippen molar-refractivity contribution in [1.82, 2.24) is 9.55 Å². The molecule has 0 spiro atoms. The van der Waals surface area contributed by atoms with Crippen LogP contribution in [0.3, 0.4) is 0 Å². The van der Waals surface area contributed by atoms with Crippen molar-refractivity contribution in [2.24, 2.45) is 0 Å². The van der Waals surface area contributed by atoms with Crippen LogP contribution in [0.1, 0.15) is 56.0 Å². The molecule has 1 aromatic heterocycles. The van der Waals surface area contributed by atoms with Crippen molar-refractivity contribution in [3.63, 3.8) is 0 Å². The maximum atomic E-state index is 13.4. The van der Waals surface area contributed by atoms with Crippen LogP contribution in [0, 0.1) is 13.8 Å². The first-order valence-electron chi connectivity index (χ1n) is 11.1. The molecule has 2 aromatic rings. The van der Waals surface area contributed by atoms with Gasteiger partial charge in [-0.25, -0.2) is 13.4 Å². The second kappa shape index (κ2) is 9.36. The van der Waals surface area contributed by atoms with Crippen molar-refractivity contribution in [3.8, 4) is 0 Å². The van der Waals surface area contributed by atoms with Crippen molar-refractivity contribution in [3.05, 3.63) is 41.7 Å². The van der Waals surface area contributed by atoms with Crippen LogP contribution < -0.4 is 4.90 Å². The summed E-state index contributed by atoms with van der Waals surface area (Å²) in [7, 11) is -3.09. The molecule has 1 aliphatic heterocycles. The summed E-state index contributed by atoms with van der Waals surface area (Å²) < 4.78 is 26.5. The molecule has 0 bridgehead atoms. The maximum Gasteiger partial charge on any atom is 0.237 e. The number of aryl methyl sites for hydroxylation is 1. The molecule has 6 nitrogen and oxygen atoms in total. The van der Waals surface area contributed by atoms with Crippen LogP contribution in [0.5, 0.6) is 0 Å². The van der Waals surface area contributed by atoms with Gasteiger partial charge in [-0.15, -0.1) is 0 Å². The summed E-state index contributed by atoms with van der Waals surface area (Å²) in [6.45, 7) is 4.14. The van der Waals surface area contributed by atoms with Crippen molar-refractivity contribution in [1.29, 1.82) is 0 Å². The Kier molecular flexibility index (Phi) is 6.77. The Hall–Kier alpha value is -1.80. The normalized spacial score (nSPS) is 21.3. The van der Waals surface area contributed by atoms with Gasteiger partial charge in [0.2, 0.25) is 5.91 Å². The lowest BCUT2D eigenvalue weighted by molar-refractivity contribution is -0.116. The van der Waals surface area contributed by atoms with E-state index in [0.717, 1.165) is 29.4 Å². The number of aromatic nitrogens is 2. The quantitative estimate of drug-likeness (QED) is 0.599. The molecule has 1 atom stereocenters. The van der Waals surface area contributed by atoms with E-state index in [1.807, 2.05) is 37.3 Å². The third-order valence-electron chi connectivity index (χ3n) is 6.50. The number of para-hydroxylation sites is 1. The van der Waals surface area contributed by atoms with Gasteiger partial charge in [-0.3, -0.25) is 4.79 Å². The summed E-state index contributed by atoms with van der Waals surface area (Å²) in [6.07, 6.45) is 6.58. The van der Waals surface area contributed by atoms with Crippen LogP contribution in [0.2, 0.25) is 0 Å². The lowest BCUT2D eigenvalue weighted by Gasteiger charge is -2.29.